The van der Waals surface area contributed by atoms with Crippen molar-refractivity contribution in [1.82, 2.24) is 0 Å². The molecule has 0 radical (unpaired) electrons. The smallest absolute Gasteiger partial charge is 0.0440 e. The zero-order valence-corrected chi connectivity index (χ0v) is 32.4. The first-order valence-corrected chi connectivity index (χ1v) is 20.3. The topological polar surface area (TPSA) is 0 Å². The molecule has 0 unspecified atom stereocenters. The van der Waals surface area contributed by atoms with Crippen molar-refractivity contribution < 1.29 is 0 Å². The van der Waals surface area contributed by atoms with Crippen LogP contribution in [0.15, 0.2) is 170 Å². The van der Waals surface area contributed by atoms with Crippen LogP contribution in [-0.2, 0) is 10.8 Å². The first kappa shape index (κ1) is 32.4. The Morgan fingerprint density at radius 2 is 0.855 bits per heavy atom. The summed E-state index contributed by atoms with van der Waals surface area (Å²) in [6.45, 7) is 9.60. The fraction of sp³-hybridized carbons (Fsp3) is 0.111. The van der Waals surface area contributed by atoms with Crippen LogP contribution in [0.1, 0.15) is 49.9 Å². The summed E-state index contributed by atoms with van der Waals surface area (Å²) >= 11 is 1.93. The fourth-order valence-electron chi connectivity index (χ4n) is 10.1. The Bertz CT molecular complexity index is 3150. The van der Waals surface area contributed by atoms with E-state index in [1.165, 1.54) is 108 Å². The van der Waals surface area contributed by atoms with Gasteiger partial charge in [-0.15, -0.1) is 11.3 Å². The molecule has 11 rings (SSSR count). The third kappa shape index (κ3) is 4.57. The molecule has 9 aromatic rings. The predicted octanol–water partition coefficient (Wildman–Crippen LogP) is 15.4. The Morgan fingerprint density at radius 1 is 0.364 bits per heavy atom. The summed E-state index contributed by atoms with van der Waals surface area (Å²) in [5, 5.41) is 7.97. The highest BCUT2D eigenvalue weighted by molar-refractivity contribution is 7.26. The van der Waals surface area contributed by atoms with Crippen LogP contribution in [0.2, 0.25) is 0 Å². The number of fused-ring (bicyclic) bond motifs is 14. The predicted molar refractivity (Wildman–Crippen MR) is 238 cm³/mol. The zero-order valence-electron chi connectivity index (χ0n) is 31.6. The van der Waals surface area contributed by atoms with Crippen LogP contribution in [0.5, 0.6) is 0 Å². The second-order valence-corrected chi connectivity index (χ2v) is 17.4. The molecule has 55 heavy (non-hydrogen) atoms. The van der Waals surface area contributed by atoms with Gasteiger partial charge in [0.15, 0.2) is 0 Å². The Labute approximate surface area is 326 Å². The van der Waals surface area contributed by atoms with Crippen molar-refractivity contribution in [1.29, 1.82) is 0 Å². The quantitative estimate of drug-likeness (QED) is 0.167. The Hall–Kier alpha value is -6.02. The van der Waals surface area contributed by atoms with E-state index in [9.17, 15) is 0 Å². The van der Waals surface area contributed by atoms with Crippen molar-refractivity contribution >= 4 is 53.1 Å². The van der Waals surface area contributed by atoms with E-state index in [4.69, 9.17) is 0 Å². The number of hydrogen-bond acceptors (Lipinski definition) is 1. The molecule has 2 aliphatic carbocycles. The average molecular weight is 721 g/mol. The lowest BCUT2D eigenvalue weighted by atomic mass is 9.79. The monoisotopic (exact) mass is 720 g/mol. The highest BCUT2D eigenvalue weighted by Crippen LogP contribution is 2.58. The van der Waals surface area contributed by atoms with Gasteiger partial charge in [0.2, 0.25) is 0 Å². The Balaban J connectivity index is 1.15. The van der Waals surface area contributed by atoms with Gasteiger partial charge in [0, 0.05) is 31.0 Å². The summed E-state index contributed by atoms with van der Waals surface area (Å²) in [5.41, 5.74) is 15.8. The molecule has 0 amide bonds. The maximum Gasteiger partial charge on any atom is 0.0440 e. The SMILES string of the molecule is CC1(C)c2ccccc2-c2ccc(-c3ccccccc(-c4ccc5c(c4)C(C)(C)c4c-5c5c6ccccc6sc5c5ccccc45)c4ccccc34)cc21. The van der Waals surface area contributed by atoms with Crippen molar-refractivity contribution in [3.8, 4) is 44.5 Å². The van der Waals surface area contributed by atoms with E-state index in [0.29, 0.717) is 0 Å². The first-order chi connectivity index (χ1) is 26.8. The van der Waals surface area contributed by atoms with Crippen molar-refractivity contribution in [2.45, 2.75) is 38.5 Å². The van der Waals surface area contributed by atoms with Gasteiger partial charge in [0.05, 0.1) is 0 Å². The molecule has 262 valence electrons. The van der Waals surface area contributed by atoms with Crippen molar-refractivity contribution in [3.63, 3.8) is 0 Å². The highest BCUT2D eigenvalue weighted by atomic mass is 32.1. The molecule has 0 fully saturated rings. The van der Waals surface area contributed by atoms with E-state index in [0.717, 1.165) is 0 Å². The normalized spacial score (nSPS) is 14.5. The lowest BCUT2D eigenvalue weighted by Crippen LogP contribution is -2.15. The largest absolute Gasteiger partial charge is 0.135 e. The number of rotatable bonds is 2. The lowest BCUT2D eigenvalue weighted by Gasteiger charge is -2.24. The van der Waals surface area contributed by atoms with Gasteiger partial charge < -0.3 is 0 Å². The van der Waals surface area contributed by atoms with E-state index in [2.05, 4.69) is 198 Å². The summed E-state index contributed by atoms with van der Waals surface area (Å²) in [6.07, 6.45) is 0. The number of benzene rings is 7. The van der Waals surface area contributed by atoms with Crippen LogP contribution in [0.3, 0.4) is 0 Å². The zero-order chi connectivity index (χ0) is 37.1. The molecule has 0 N–H and O–H groups in total. The molecule has 0 saturated heterocycles. The van der Waals surface area contributed by atoms with Crippen LogP contribution in [0.4, 0.5) is 0 Å². The molecule has 1 heteroatoms. The Morgan fingerprint density at radius 3 is 1.55 bits per heavy atom. The van der Waals surface area contributed by atoms with Crippen LogP contribution in [-0.4, -0.2) is 0 Å². The van der Waals surface area contributed by atoms with Crippen LogP contribution in [0, 0.1) is 0 Å². The molecule has 1 heterocycles. The molecule has 0 bridgehead atoms. The minimum atomic E-state index is -0.188. The van der Waals surface area contributed by atoms with Gasteiger partial charge in [-0.25, -0.2) is 0 Å². The molecular formula is C54H40S. The van der Waals surface area contributed by atoms with E-state index >= 15 is 0 Å². The highest BCUT2D eigenvalue weighted by Gasteiger charge is 2.40. The number of hydrogen-bond donors (Lipinski definition) is 0. The molecule has 0 atom stereocenters. The molecule has 0 nitrogen and oxygen atoms in total. The molecule has 1 aromatic heterocycles. The van der Waals surface area contributed by atoms with Gasteiger partial charge in [0.25, 0.3) is 0 Å². The summed E-state index contributed by atoms with van der Waals surface area (Å²) in [6, 6.07) is 63.6. The van der Waals surface area contributed by atoms with Gasteiger partial charge in [-0.05, 0) is 107 Å². The maximum atomic E-state index is 2.50. The fourth-order valence-corrected chi connectivity index (χ4v) is 11.3. The van der Waals surface area contributed by atoms with Crippen LogP contribution in [0.25, 0.3) is 86.2 Å². The lowest BCUT2D eigenvalue weighted by molar-refractivity contribution is 0.660. The van der Waals surface area contributed by atoms with E-state index in [1.54, 1.807) is 0 Å². The van der Waals surface area contributed by atoms with E-state index in [1.807, 2.05) is 11.3 Å². The van der Waals surface area contributed by atoms with Crippen LogP contribution < -0.4 is 0 Å². The van der Waals surface area contributed by atoms with Crippen molar-refractivity contribution in [3.05, 3.63) is 192 Å². The number of thiophene rings is 1. The second-order valence-electron chi connectivity index (χ2n) is 16.4. The maximum absolute atomic E-state index is 2.50. The standard InChI is InChI=1S/C54H40S/c1-53(2)45-25-15-13-21-39(45)40-29-27-33(31-46(40)53)35-17-7-5-6-8-18-36(38-20-10-9-19-37(35)38)34-28-30-43-47(32-34)54(3,4)51-41-22-11-12-23-42(41)52-50(49(43)51)44-24-14-16-26-48(44)55-52/h5-32H,1-4H3. The second kappa shape index (κ2) is 11.7. The molecule has 0 aliphatic heterocycles. The Kier molecular flexibility index (Phi) is 6.92. The van der Waals surface area contributed by atoms with Gasteiger partial charge >= 0.3 is 0 Å². The summed E-state index contributed by atoms with van der Waals surface area (Å²) in [7, 11) is 0. The molecule has 0 spiro atoms. The molecule has 0 saturated carbocycles. The molecular weight excluding hydrogens is 681 g/mol. The third-order valence-electron chi connectivity index (χ3n) is 12.7. The van der Waals surface area contributed by atoms with Gasteiger partial charge in [0.1, 0.15) is 0 Å². The molecule has 8 aromatic carbocycles. The average Bonchev–Trinajstić information content (AvgIpc) is 3.79. The van der Waals surface area contributed by atoms with Gasteiger partial charge in [-0.1, -0.05) is 179 Å². The first-order valence-electron chi connectivity index (χ1n) is 19.4. The minimum absolute atomic E-state index is 0.0668. The van der Waals surface area contributed by atoms with Crippen molar-refractivity contribution in [2.24, 2.45) is 0 Å². The minimum Gasteiger partial charge on any atom is -0.135 e. The van der Waals surface area contributed by atoms with Gasteiger partial charge in [-0.2, -0.15) is 0 Å². The van der Waals surface area contributed by atoms with Crippen molar-refractivity contribution in [2.75, 3.05) is 0 Å². The summed E-state index contributed by atoms with van der Waals surface area (Å²) in [4.78, 5) is 0. The van der Waals surface area contributed by atoms with E-state index < -0.39 is 0 Å². The molecule has 2 aliphatic rings. The third-order valence-corrected chi connectivity index (χ3v) is 13.9. The summed E-state index contributed by atoms with van der Waals surface area (Å²) < 4.78 is 2.74. The summed E-state index contributed by atoms with van der Waals surface area (Å²) in [5.74, 6) is 0. The van der Waals surface area contributed by atoms with E-state index in [-0.39, 0.29) is 10.8 Å². The van der Waals surface area contributed by atoms with Crippen LogP contribution >= 0.6 is 11.3 Å². The van der Waals surface area contributed by atoms with Gasteiger partial charge in [-0.3, -0.25) is 0 Å².